The number of amides is 2. The van der Waals surface area contributed by atoms with Crippen molar-refractivity contribution in [1.82, 2.24) is 9.80 Å². The van der Waals surface area contributed by atoms with Crippen molar-refractivity contribution in [2.45, 2.75) is 42.5 Å². The Balaban J connectivity index is -0.0000000800. The Morgan fingerprint density at radius 3 is 1.00 bits per heavy atom. The molecule has 0 bridgehead atoms. The van der Waals surface area contributed by atoms with Crippen LogP contribution in [0.4, 0.5) is 0 Å². The Hall–Kier alpha value is -1.06. The van der Waals surface area contributed by atoms with Gasteiger partial charge in [0.15, 0.2) is 0 Å². The van der Waals surface area contributed by atoms with Crippen LogP contribution in [0.2, 0.25) is 0 Å². The molecule has 0 N–H and O–H groups in total. The minimum Gasteiger partial charge on any atom is -0.346 e. The van der Waals surface area contributed by atoms with Gasteiger partial charge < -0.3 is 9.80 Å². The van der Waals surface area contributed by atoms with Gasteiger partial charge in [-0.3, -0.25) is 9.59 Å². The van der Waals surface area contributed by atoms with Gasteiger partial charge in [0.1, 0.15) is 0 Å². The average Bonchev–Trinajstić information content (AvgIpc) is 2.15. The molecular weight excluding hydrogens is 204 g/mol. The van der Waals surface area contributed by atoms with Crippen molar-refractivity contribution in [2.24, 2.45) is 0 Å². The molecule has 4 nitrogen and oxygen atoms in total. The number of nitrogens with zero attached hydrogens (tertiary/aromatic N) is 2. The summed E-state index contributed by atoms with van der Waals surface area (Å²) in [6.45, 7) is 8.61. The lowest BCUT2D eigenvalue weighted by molar-refractivity contribution is -0.128. The Labute approximate surface area is 102 Å². The molecule has 0 unspecified atom stereocenters. The van der Waals surface area contributed by atoms with Crippen LogP contribution in [0.1, 0.15) is 42.5 Å². The Kier molecular flexibility index (Phi) is 21.1. The average molecular weight is 234 g/mol. The van der Waals surface area contributed by atoms with E-state index in [1.807, 2.05) is 13.8 Å². The maximum atomic E-state index is 10.3. The highest BCUT2D eigenvalue weighted by molar-refractivity contribution is 5.73. The summed E-state index contributed by atoms with van der Waals surface area (Å²) in [5.74, 6) is 0.255. The zero-order valence-electron chi connectivity index (χ0n) is 10.1. The van der Waals surface area contributed by atoms with E-state index in [4.69, 9.17) is 0 Å². The van der Waals surface area contributed by atoms with Crippen LogP contribution in [0.15, 0.2) is 0 Å². The fourth-order valence-electron chi connectivity index (χ4n) is 0.445. The first kappa shape index (κ1) is 24.3. The van der Waals surface area contributed by atoms with Crippen molar-refractivity contribution in [3.63, 3.8) is 0 Å². The number of carbonyl (C=O) groups is 2. The van der Waals surface area contributed by atoms with Gasteiger partial charge in [-0.15, -0.1) is 0 Å². The van der Waals surface area contributed by atoms with Crippen LogP contribution in [0.3, 0.4) is 0 Å². The van der Waals surface area contributed by atoms with Gasteiger partial charge in [0, 0.05) is 41.0 Å². The molecule has 0 aromatic heterocycles. The summed E-state index contributed by atoms with van der Waals surface area (Å²) in [7, 11) is 3.56. The Morgan fingerprint density at radius 2 is 1.00 bits per heavy atom. The first-order chi connectivity index (χ1) is 6.36. The van der Waals surface area contributed by atoms with Gasteiger partial charge in [-0.05, 0) is 13.8 Å². The molecule has 0 saturated heterocycles. The Bertz CT molecular complexity index is 162. The second-order valence-corrected chi connectivity index (χ2v) is 3.07. The third-order valence-electron chi connectivity index (χ3n) is 2.02. The first-order valence-corrected chi connectivity index (χ1v) is 4.80. The predicted molar refractivity (Wildman–Crippen MR) is 71.4 cm³/mol. The maximum absolute atomic E-state index is 10.3. The van der Waals surface area contributed by atoms with Crippen LogP contribution in [0, 0.1) is 0 Å². The molecule has 0 fully saturated rings. The summed E-state index contributed by atoms with van der Waals surface area (Å²) in [5.41, 5.74) is 0. The molecule has 0 aliphatic rings. The summed E-state index contributed by atoms with van der Waals surface area (Å²) >= 11 is 0. The van der Waals surface area contributed by atoms with Crippen molar-refractivity contribution >= 4 is 11.8 Å². The van der Waals surface area contributed by atoms with Crippen LogP contribution >= 0.6 is 0 Å². The smallest absolute Gasteiger partial charge is 0.219 e. The van der Waals surface area contributed by atoms with E-state index in [0.29, 0.717) is 0 Å². The van der Waals surface area contributed by atoms with Gasteiger partial charge in [0.2, 0.25) is 11.8 Å². The van der Waals surface area contributed by atoms with Crippen molar-refractivity contribution in [3.05, 3.63) is 0 Å². The molecule has 0 saturated carbocycles. The standard InChI is InChI=1S/2C5H11NO.2CH4/c2*1-4-6(3)5(2)7;;/h2*4H2,1-3H3;2*1H4. The van der Waals surface area contributed by atoms with Crippen LogP contribution in [-0.4, -0.2) is 48.8 Å². The van der Waals surface area contributed by atoms with E-state index in [9.17, 15) is 9.59 Å². The van der Waals surface area contributed by atoms with E-state index in [1.54, 1.807) is 37.7 Å². The number of hydrogen-bond acceptors (Lipinski definition) is 2. The molecule has 16 heavy (non-hydrogen) atoms. The molecule has 100 valence electrons. The van der Waals surface area contributed by atoms with Crippen molar-refractivity contribution in [3.8, 4) is 0 Å². The number of hydrogen-bond donors (Lipinski definition) is 0. The molecule has 0 aliphatic heterocycles. The number of rotatable bonds is 2. The van der Waals surface area contributed by atoms with Gasteiger partial charge in [0.05, 0.1) is 0 Å². The molecule has 0 atom stereocenters. The van der Waals surface area contributed by atoms with Gasteiger partial charge in [-0.1, -0.05) is 14.9 Å². The molecule has 0 aromatic carbocycles. The maximum Gasteiger partial charge on any atom is 0.219 e. The van der Waals surface area contributed by atoms with E-state index in [2.05, 4.69) is 0 Å². The SMILES string of the molecule is C.C.CCN(C)C(C)=O.CCN(C)C(C)=O. The van der Waals surface area contributed by atoms with Crippen LogP contribution in [0.25, 0.3) is 0 Å². The largest absolute Gasteiger partial charge is 0.346 e. The second kappa shape index (κ2) is 13.9. The molecule has 0 radical (unpaired) electrons. The van der Waals surface area contributed by atoms with Crippen molar-refractivity contribution < 1.29 is 9.59 Å². The summed E-state index contributed by atoms with van der Waals surface area (Å²) in [5, 5.41) is 0. The molecule has 0 rings (SSSR count). The quantitative estimate of drug-likeness (QED) is 0.735. The van der Waals surface area contributed by atoms with E-state index in [0.717, 1.165) is 13.1 Å². The number of carbonyl (C=O) groups excluding carboxylic acids is 2. The zero-order chi connectivity index (χ0) is 11.7. The molecular formula is C12H30N2O2. The lowest BCUT2D eigenvalue weighted by Gasteiger charge is -2.09. The molecule has 0 spiro atoms. The van der Waals surface area contributed by atoms with Gasteiger partial charge >= 0.3 is 0 Å². The van der Waals surface area contributed by atoms with Gasteiger partial charge in [0.25, 0.3) is 0 Å². The minimum absolute atomic E-state index is 0. The van der Waals surface area contributed by atoms with E-state index in [-0.39, 0.29) is 26.7 Å². The highest BCUT2D eigenvalue weighted by Crippen LogP contribution is 1.78. The van der Waals surface area contributed by atoms with Crippen LogP contribution in [0.5, 0.6) is 0 Å². The predicted octanol–water partition coefficient (Wildman–Crippen LogP) is 2.24. The third-order valence-corrected chi connectivity index (χ3v) is 2.02. The molecule has 0 aromatic rings. The monoisotopic (exact) mass is 234 g/mol. The lowest BCUT2D eigenvalue weighted by Crippen LogP contribution is -2.22. The molecule has 2 amide bonds. The first-order valence-electron chi connectivity index (χ1n) is 4.80. The van der Waals surface area contributed by atoms with Crippen LogP contribution in [-0.2, 0) is 9.59 Å². The fourth-order valence-corrected chi connectivity index (χ4v) is 0.445. The van der Waals surface area contributed by atoms with E-state index >= 15 is 0 Å². The van der Waals surface area contributed by atoms with Gasteiger partial charge in [-0.25, -0.2) is 0 Å². The summed E-state index contributed by atoms with van der Waals surface area (Å²) in [6.07, 6.45) is 0. The molecule has 0 heterocycles. The second-order valence-electron chi connectivity index (χ2n) is 3.07. The lowest BCUT2D eigenvalue weighted by atomic mass is 10.6. The summed E-state index contributed by atoms with van der Waals surface area (Å²) in [4.78, 5) is 23.9. The van der Waals surface area contributed by atoms with Crippen molar-refractivity contribution in [1.29, 1.82) is 0 Å². The highest BCUT2D eigenvalue weighted by Gasteiger charge is 1.94. The van der Waals surface area contributed by atoms with Crippen LogP contribution < -0.4 is 0 Å². The van der Waals surface area contributed by atoms with Crippen molar-refractivity contribution in [2.75, 3.05) is 27.2 Å². The highest BCUT2D eigenvalue weighted by atomic mass is 16.2. The zero-order valence-corrected chi connectivity index (χ0v) is 10.1. The van der Waals surface area contributed by atoms with Gasteiger partial charge in [-0.2, -0.15) is 0 Å². The van der Waals surface area contributed by atoms with E-state index < -0.39 is 0 Å². The Morgan fingerprint density at radius 1 is 0.812 bits per heavy atom. The normalized spacial score (nSPS) is 7.38. The third kappa shape index (κ3) is 15.4. The molecule has 0 aliphatic carbocycles. The summed E-state index contributed by atoms with van der Waals surface area (Å²) < 4.78 is 0. The molecule has 4 heteroatoms. The van der Waals surface area contributed by atoms with E-state index in [1.165, 1.54) is 0 Å². The fraction of sp³-hybridized carbons (Fsp3) is 0.833. The minimum atomic E-state index is 0. The summed E-state index contributed by atoms with van der Waals surface area (Å²) in [6, 6.07) is 0. The topological polar surface area (TPSA) is 40.6 Å².